The summed E-state index contributed by atoms with van der Waals surface area (Å²) in [7, 11) is 0. The Morgan fingerprint density at radius 3 is 2.68 bits per heavy atom. The molecule has 0 bridgehead atoms. The zero-order valence-electron chi connectivity index (χ0n) is 14.4. The van der Waals surface area contributed by atoms with Gasteiger partial charge in [-0.15, -0.1) is 0 Å². The first-order valence-corrected chi connectivity index (χ1v) is 8.35. The smallest absolute Gasteiger partial charge is 0.247 e. The Balaban J connectivity index is 1.71. The van der Waals surface area contributed by atoms with Crippen LogP contribution in [-0.2, 0) is 16.6 Å². The van der Waals surface area contributed by atoms with Gasteiger partial charge in [-0.1, -0.05) is 23.4 Å². The summed E-state index contributed by atoms with van der Waals surface area (Å²) in [6.07, 6.45) is 1.26. The molecule has 2 heterocycles. The third kappa shape index (κ3) is 3.54. The van der Waals surface area contributed by atoms with Crippen LogP contribution in [0.1, 0.15) is 35.7 Å². The van der Waals surface area contributed by atoms with Gasteiger partial charge in [0.05, 0.1) is 12.5 Å². The molecule has 1 fully saturated rings. The first-order valence-electron chi connectivity index (χ1n) is 8.35. The molecule has 0 spiro atoms. The SMILES string of the molecule is Cc1cccc(C)c1NC(=O)Cc1noc(C2(C#N)CCNCC2)n1. The van der Waals surface area contributed by atoms with Crippen molar-refractivity contribution in [3.63, 3.8) is 0 Å². The fourth-order valence-corrected chi connectivity index (χ4v) is 3.09. The third-order valence-corrected chi connectivity index (χ3v) is 4.61. The summed E-state index contributed by atoms with van der Waals surface area (Å²) >= 11 is 0. The largest absolute Gasteiger partial charge is 0.338 e. The van der Waals surface area contributed by atoms with Crippen molar-refractivity contribution < 1.29 is 9.32 Å². The standard InChI is InChI=1S/C18H21N5O2/c1-12-4-3-5-13(2)16(12)22-15(24)10-14-21-17(25-23-14)18(11-19)6-8-20-9-7-18/h3-5,20H,6-10H2,1-2H3,(H,22,24). The Morgan fingerprint density at radius 1 is 1.36 bits per heavy atom. The molecular formula is C18H21N5O2. The zero-order chi connectivity index (χ0) is 17.9. The number of benzene rings is 1. The number of anilines is 1. The van der Waals surface area contributed by atoms with E-state index in [2.05, 4.69) is 26.8 Å². The predicted molar refractivity (Wildman–Crippen MR) is 91.9 cm³/mol. The normalized spacial score (nSPS) is 16.2. The van der Waals surface area contributed by atoms with E-state index in [9.17, 15) is 10.1 Å². The van der Waals surface area contributed by atoms with Gasteiger partial charge in [-0.2, -0.15) is 10.2 Å². The number of amides is 1. The predicted octanol–water partition coefficient (Wildman–Crippen LogP) is 2.01. The molecule has 1 amide bonds. The number of hydrogen-bond donors (Lipinski definition) is 2. The van der Waals surface area contributed by atoms with Crippen molar-refractivity contribution in [3.8, 4) is 6.07 Å². The summed E-state index contributed by atoms with van der Waals surface area (Å²) in [5.41, 5.74) is 2.06. The maximum Gasteiger partial charge on any atom is 0.247 e. The minimum absolute atomic E-state index is 0.0109. The van der Waals surface area contributed by atoms with Gasteiger partial charge >= 0.3 is 0 Å². The number of para-hydroxylation sites is 1. The summed E-state index contributed by atoms with van der Waals surface area (Å²) in [5.74, 6) is 0.402. The van der Waals surface area contributed by atoms with Crippen LogP contribution < -0.4 is 10.6 Å². The maximum atomic E-state index is 12.3. The van der Waals surface area contributed by atoms with Crippen LogP contribution in [0.4, 0.5) is 5.69 Å². The van der Waals surface area contributed by atoms with Gasteiger partial charge in [0.2, 0.25) is 11.8 Å². The molecule has 0 aliphatic carbocycles. The molecule has 7 heteroatoms. The molecule has 1 aliphatic heterocycles. The summed E-state index contributed by atoms with van der Waals surface area (Å²) in [5, 5.41) is 19.6. The van der Waals surface area contributed by atoms with E-state index < -0.39 is 5.41 Å². The minimum Gasteiger partial charge on any atom is -0.338 e. The van der Waals surface area contributed by atoms with E-state index in [-0.39, 0.29) is 12.3 Å². The second kappa shape index (κ2) is 7.03. The average molecular weight is 339 g/mol. The number of carbonyl (C=O) groups is 1. The molecule has 0 radical (unpaired) electrons. The lowest BCUT2D eigenvalue weighted by atomic mass is 9.80. The lowest BCUT2D eigenvalue weighted by molar-refractivity contribution is -0.115. The summed E-state index contributed by atoms with van der Waals surface area (Å²) in [4.78, 5) is 16.6. The van der Waals surface area contributed by atoms with Gasteiger partial charge in [0, 0.05) is 5.69 Å². The van der Waals surface area contributed by atoms with Crippen LogP contribution in [0.15, 0.2) is 22.7 Å². The Labute approximate surface area is 146 Å². The quantitative estimate of drug-likeness (QED) is 0.883. The molecule has 2 aromatic rings. The highest BCUT2D eigenvalue weighted by atomic mass is 16.5. The Hall–Kier alpha value is -2.72. The second-order valence-electron chi connectivity index (χ2n) is 6.45. The van der Waals surface area contributed by atoms with Gasteiger partial charge in [-0.25, -0.2) is 0 Å². The van der Waals surface area contributed by atoms with Gasteiger partial charge in [0.1, 0.15) is 5.41 Å². The first-order chi connectivity index (χ1) is 12.0. The molecule has 0 atom stereocenters. The van der Waals surface area contributed by atoms with E-state index in [1.807, 2.05) is 32.0 Å². The van der Waals surface area contributed by atoms with Crippen LogP contribution in [0.5, 0.6) is 0 Å². The number of rotatable bonds is 4. The van der Waals surface area contributed by atoms with Crippen LogP contribution in [0.2, 0.25) is 0 Å². The van der Waals surface area contributed by atoms with Crippen molar-refractivity contribution in [3.05, 3.63) is 41.0 Å². The number of nitrogens with one attached hydrogen (secondary N) is 2. The highest BCUT2D eigenvalue weighted by molar-refractivity contribution is 5.93. The van der Waals surface area contributed by atoms with Crippen molar-refractivity contribution in [2.45, 2.75) is 38.5 Å². The number of nitrogens with zero attached hydrogens (tertiary/aromatic N) is 3. The number of hydrogen-bond acceptors (Lipinski definition) is 6. The lowest BCUT2D eigenvalue weighted by Crippen LogP contribution is -2.39. The number of carbonyl (C=O) groups excluding carboxylic acids is 1. The van der Waals surface area contributed by atoms with Crippen LogP contribution in [0.3, 0.4) is 0 Å². The highest BCUT2D eigenvalue weighted by Crippen LogP contribution is 2.31. The maximum absolute atomic E-state index is 12.3. The molecule has 2 N–H and O–H groups in total. The Kier molecular flexibility index (Phi) is 4.81. The van der Waals surface area contributed by atoms with E-state index in [4.69, 9.17) is 4.52 Å². The molecular weight excluding hydrogens is 318 g/mol. The van der Waals surface area contributed by atoms with Crippen LogP contribution in [0, 0.1) is 25.2 Å². The van der Waals surface area contributed by atoms with E-state index in [1.165, 1.54) is 0 Å². The van der Waals surface area contributed by atoms with Gasteiger partial charge in [0.15, 0.2) is 5.82 Å². The first kappa shape index (κ1) is 17.1. The number of piperidine rings is 1. The molecule has 7 nitrogen and oxygen atoms in total. The average Bonchev–Trinajstić information content (AvgIpc) is 3.08. The zero-order valence-corrected chi connectivity index (χ0v) is 14.4. The fraction of sp³-hybridized carbons (Fsp3) is 0.444. The van der Waals surface area contributed by atoms with Gasteiger partial charge in [-0.3, -0.25) is 4.79 Å². The van der Waals surface area contributed by atoms with Crippen molar-refractivity contribution in [2.75, 3.05) is 18.4 Å². The third-order valence-electron chi connectivity index (χ3n) is 4.61. The van der Waals surface area contributed by atoms with Crippen molar-refractivity contribution in [1.29, 1.82) is 5.26 Å². The molecule has 130 valence electrons. The molecule has 1 saturated heterocycles. The number of aromatic nitrogens is 2. The van der Waals surface area contributed by atoms with Crippen molar-refractivity contribution in [1.82, 2.24) is 15.5 Å². The van der Waals surface area contributed by atoms with Crippen LogP contribution >= 0.6 is 0 Å². The highest BCUT2D eigenvalue weighted by Gasteiger charge is 2.39. The number of nitriles is 1. The minimum atomic E-state index is -0.750. The molecule has 25 heavy (non-hydrogen) atoms. The van der Waals surface area contributed by atoms with Gasteiger partial charge < -0.3 is 15.2 Å². The van der Waals surface area contributed by atoms with Crippen LogP contribution in [-0.4, -0.2) is 29.1 Å². The van der Waals surface area contributed by atoms with Gasteiger partial charge in [-0.05, 0) is 50.9 Å². The summed E-state index contributed by atoms with van der Waals surface area (Å²) < 4.78 is 5.31. The molecule has 3 rings (SSSR count). The monoisotopic (exact) mass is 339 g/mol. The summed E-state index contributed by atoms with van der Waals surface area (Å²) in [6, 6.07) is 8.16. The molecule has 0 saturated carbocycles. The molecule has 1 aromatic carbocycles. The van der Waals surface area contributed by atoms with E-state index >= 15 is 0 Å². The topological polar surface area (TPSA) is 104 Å². The second-order valence-corrected chi connectivity index (χ2v) is 6.45. The fourth-order valence-electron chi connectivity index (χ4n) is 3.09. The molecule has 0 unspecified atom stereocenters. The van der Waals surface area contributed by atoms with E-state index in [0.717, 1.165) is 29.9 Å². The number of aryl methyl sites for hydroxylation is 2. The molecule has 1 aromatic heterocycles. The molecule has 1 aliphatic rings. The lowest BCUT2D eigenvalue weighted by Gasteiger charge is -2.27. The van der Waals surface area contributed by atoms with Crippen molar-refractivity contribution >= 4 is 11.6 Å². The van der Waals surface area contributed by atoms with Gasteiger partial charge in [0.25, 0.3) is 0 Å². The van der Waals surface area contributed by atoms with Crippen LogP contribution in [0.25, 0.3) is 0 Å². The Bertz CT molecular complexity index is 795. The van der Waals surface area contributed by atoms with E-state index in [1.54, 1.807) is 0 Å². The Morgan fingerprint density at radius 2 is 2.04 bits per heavy atom. The van der Waals surface area contributed by atoms with Crippen molar-refractivity contribution in [2.24, 2.45) is 0 Å². The summed E-state index contributed by atoms with van der Waals surface area (Å²) in [6.45, 7) is 5.36. The van der Waals surface area contributed by atoms with E-state index in [0.29, 0.717) is 24.6 Å².